The number of hydrogen-bond donors (Lipinski definition) is 1. The summed E-state index contributed by atoms with van der Waals surface area (Å²) in [6.45, 7) is 5.52. The molecule has 3 aliphatic heterocycles. The summed E-state index contributed by atoms with van der Waals surface area (Å²) in [5.74, 6) is 2.28. The molecule has 0 spiro atoms. The van der Waals surface area contributed by atoms with Crippen molar-refractivity contribution < 1.29 is 14.3 Å². The van der Waals surface area contributed by atoms with Crippen molar-refractivity contribution in [2.24, 2.45) is 0 Å². The van der Waals surface area contributed by atoms with Crippen LogP contribution in [-0.2, 0) is 22.7 Å². The Morgan fingerprint density at radius 3 is 2.83 bits per heavy atom. The Labute approximate surface area is 147 Å². The van der Waals surface area contributed by atoms with Gasteiger partial charge in [-0.2, -0.15) is 11.8 Å². The minimum Gasteiger partial charge on any atom is -0.379 e. The summed E-state index contributed by atoms with van der Waals surface area (Å²) in [4.78, 5) is 15.1. The SMILES string of the molecule is O=C(NC[C@@]1(N2CCOCC2)CCSC1)c1ccc2c(c1)COC2. The van der Waals surface area contributed by atoms with Crippen molar-refractivity contribution in [2.45, 2.75) is 25.2 Å². The lowest BCUT2D eigenvalue weighted by molar-refractivity contribution is -0.0129. The first-order valence-corrected chi connectivity index (χ1v) is 9.81. The summed E-state index contributed by atoms with van der Waals surface area (Å²) in [6.07, 6.45) is 1.13. The van der Waals surface area contributed by atoms with Crippen molar-refractivity contribution in [3.05, 3.63) is 34.9 Å². The smallest absolute Gasteiger partial charge is 0.251 e. The topological polar surface area (TPSA) is 50.8 Å². The highest BCUT2D eigenvalue weighted by atomic mass is 32.2. The third kappa shape index (κ3) is 3.20. The molecule has 0 aliphatic carbocycles. The van der Waals surface area contributed by atoms with Crippen LogP contribution in [-0.4, -0.2) is 60.7 Å². The third-order valence-electron chi connectivity index (χ3n) is 5.33. The van der Waals surface area contributed by atoms with E-state index in [-0.39, 0.29) is 11.4 Å². The van der Waals surface area contributed by atoms with Crippen LogP contribution < -0.4 is 5.32 Å². The van der Waals surface area contributed by atoms with Gasteiger partial charge < -0.3 is 14.8 Å². The fourth-order valence-corrected chi connectivity index (χ4v) is 5.27. The summed E-state index contributed by atoms with van der Waals surface area (Å²) in [5.41, 5.74) is 3.16. The predicted molar refractivity (Wildman–Crippen MR) is 94.3 cm³/mol. The van der Waals surface area contributed by atoms with E-state index in [0.29, 0.717) is 19.8 Å². The number of carbonyl (C=O) groups excluding carboxylic acids is 1. The lowest BCUT2D eigenvalue weighted by atomic mass is 9.95. The van der Waals surface area contributed by atoms with Crippen molar-refractivity contribution in [2.75, 3.05) is 44.4 Å². The molecule has 0 saturated carbocycles. The van der Waals surface area contributed by atoms with Crippen LogP contribution in [0.15, 0.2) is 18.2 Å². The molecule has 3 heterocycles. The Hall–Kier alpha value is -1.08. The van der Waals surface area contributed by atoms with Gasteiger partial charge in [0.25, 0.3) is 5.91 Å². The number of carbonyl (C=O) groups is 1. The van der Waals surface area contributed by atoms with Crippen molar-refractivity contribution in [3.63, 3.8) is 0 Å². The lowest BCUT2D eigenvalue weighted by Gasteiger charge is -2.43. The molecule has 1 aromatic carbocycles. The summed E-state index contributed by atoms with van der Waals surface area (Å²) in [7, 11) is 0. The highest BCUT2D eigenvalue weighted by Gasteiger charge is 2.40. The van der Waals surface area contributed by atoms with Gasteiger partial charge in [0.1, 0.15) is 0 Å². The average Bonchev–Trinajstić information content (AvgIpc) is 3.30. The molecule has 0 aromatic heterocycles. The van der Waals surface area contributed by atoms with Gasteiger partial charge in [0.05, 0.1) is 26.4 Å². The molecule has 1 atom stereocenters. The number of benzene rings is 1. The van der Waals surface area contributed by atoms with E-state index in [1.165, 1.54) is 11.3 Å². The van der Waals surface area contributed by atoms with Crippen LogP contribution in [0, 0.1) is 0 Å². The second-order valence-corrected chi connectivity index (χ2v) is 7.89. The van der Waals surface area contributed by atoms with Gasteiger partial charge >= 0.3 is 0 Å². The number of rotatable bonds is 4. The van der Waals surface area contributed by atoms with Crippen LogP contribution in [0.4, 0.5) is 0 Å². The fourth-order valence-electron chi connectivity index (χ4n) is 3.79. The predicted octanol–water partition coefficient (Wildman–Crippen LogP) is 1.65. The van der Waals surface area contributed by atoms with Crippen LogP contribution >= 0.6 is 11.8 Å². The Bertz CT molecular complexity index is 610. The van der Waals surface area contributed by atoms with E-state index in [1.54, 1.807) is 0 Å². The number of amides is 1. The first kappa shape index (κ1) is 16.4. The van der Waals surface area contributed by atoms with Crippen LogP contribution in [0.1, 0.15) is 27.9 Å². The van der Waals surface area contributed by atoms with Gasteiger partial charge in [0, 0.05) is 36.5 Å². The van der Waals surface area contributed by atoms with Crippen LogP contribution in [0.3, 0.4) is 0 Å². The zero-order chi connectivity index (χ0) is 16.4. The van der Waals surface area contributed by atoms with E-state index < -0.39 is 0 Å². The fraction of sp³-hybridized carbons (Fsp3) is 0.611. The van der Waals surface area contributed by atoms with E-state index in [0.717, 1.165) is 49.6 Å². The van der Waals surface area contributed by atoms with Crippen molar-refractivity contribution in [3.8, 4) is 0 Å². The molecule has 2 fully saturated rings. The largest absolute Gasteiger partial charge is 0.379 e. The molecule has 5 nitrogen and oxygen atoms in total. The summed E-state index contributed by atoms with van der Waals surface area (Å²) >= 11 is 1.99. The van der Waals surface area contributed by atoms with E-state index >= 15 is 0 Å². The van der Waals surface area contributed by atoms with Crippen molar-refractivity contribution >= 4 is 17.7 Å². The monoisotopic (exact) mass is 348 g/mol. The third-order valence-corrected chi connectivity index (χ3v) is 6.56. The Balaban J connectivity index is 1.43. The van der Waals surface area contributed by atoms with Crippen LogP contribution in [0.2, 0.25) is 0 Å². The molecule has 0 radical (unpaired) electrons. The molecule has 130 valence electrons. The van der Waals surface area contributed by atoms with Gasteiger partial charge in [0.2, 0.25) is 0 Å². The molecule has 2 saturated heterocycles. The quantitative estimate of drug-likeness (QED) is 0.897. The number of fused-ring (bicyclic) bond motifs is 1. The molecule has 0 bridgehead atoms. The minimum absolute atomic E-state index is 0.0224. The summed E-state index contributed by atoms with van der Waals surface area (Å²) < 4.78 is 10.9. The van der Waals surface area contributed by atoms with Gasteiger partial charge in [0.15, 0.2) is 0 Å². The second-order valence-electron chi connectivity index (χ2n) is 6.79. The first-order chi connectivity index (χ1) is 11.8. The summed E-state index contributed by atoms with van der Waals surface area (Å²) in [6, 6.07) is 5.90. The second kappa shape index (κ2) is 7.04. The Kier molecular flexibility index (Phi) is 4.81. The molecule has 1 amide bonds. The molecule has 1 aromatic rings. The van der Waals surface area contributed by atoms with Crippen LogP contribution in [0.5, 0.6) is 0 Å². The summed E-state index contributed by atoms with van der Waals surface area (Å²) in [5, 5.41) is 3.19. The van der Waals surface area contributed by atoms with Gasteiger partial charge in [-0.05, 0) is 35.4 Å². The zero-order valence-electron chi connectivity index (χ0n) is 13.9. The minimum atomic E-state index is 0.0224. The number of ether oxygens (including phenoxy) is 2. The van der Waals surface area contributed by atoms with Gasteiger partial charge in [-0.3, -0.25) is 9.69 Å². The average molecular weight is 348 g/mol. The van der Waals surface area contributed by atoms with Crippen molar-refractivity contribution in [1.29, 1.82) is 0 Å². The number of nitrogens with zero attached hydrogens (tertiary/aromatic N) is 1. The van der Waals surface area contributed by atoms with Gasteiger partial charge in [-0.1, -0.05) is 6.07 Å². The number of nitrogens with one attached hydrogen (secondary N) is 1. The normalized spacial score (nSPS) is 27.2. The van der Waals surface area contributed by atoms with Crippen LogP contribution in [0.25, 0.3) is 0 Å². The van der Waals surface area contributed by atoms with E-state index in [9.17, 15) is 4.79 Å². The van der Waals surface area contributed by atoms with Gasteiger partial charge in [-0.15, -0.1) is 0 Å². The number of morpholine rings is 1. The van der Waals surface area contributed by atoms with E-state index in [4.69, 9.17) is 9.47 Å². The number of thioether (sulfide) groups is 1. The highest BCUT2D eigenvalue weighted by molar-refractivity contribution is 7.99. The zero-order valence-corrected chi connectivity index (χ0v) is 14.7. The molecule has 1 N–H and O–H groups in total. The molecule has 3 aliphatic rings. The number of hydrogen-bond acceptors (Lipinski definition) is 5. The standard InChI is InChI=1S/C18H24N2O3S/c21-17(14-1-2-15-10-23-11-16(15)9-14)19-12-18(3-8-24-13-18)20-4-6-22-7-5-20/h1-2,9H,3-8,10-13H2,(H,19,21)/t18-/m0/s1. The highest BCUT2D eigenvalue weighted by Crippen LogP contribution is 2.33. The molecule has 6 heteroatoms. The van der Waals surface area contributed by atoms with E-state index in [1.807, 2.05) is 30.0 Å². The lowest BCUT2D eigenvalue weighted by Crippen LogP contribution is -2.59. The maximum Gasteiger partial charge on any atom is 0.251 e. The Morgan fingerprint density at radius 2 is 2.04 bits per heavy atom. The molecule has 4 rings (SSSR count). The molecular weight excluding hydrogens is 324 g/mol. The molecular formula is C18H24N2O3S. The Morgan fingerprint density at radius 1 is 1.21 bits per heavy atom. The van der Waals surface area contributed by atoms with Gasteiger partial charge in [-0.25, -0.2) is 0 Å². The maximum atomic E-state index is 12.6. The van der Waals surface area contributed by atoms with E-state index in [2.05, 4.69) is 10.2 Å². The molecule has 24 heavy (non-hydrogen) atoms. The maximum absolute atomic E-state index is 12.6. The molecule has 0 unspecified atom stereocenters. The van der Waals surface area contributed by atoms with Crippen molar-refractivity contribution in [1.82, 2.24) is 10.2 Å². The first-order valence-electron chi connectivity index (χ1n) is 8.65.